The summed E-state index contributed by atoms with van der Waals surface area (Å²) in [5.74, 6) is -2.05. The Hall–Kier alpha value is -1.20. The largest absolute Gasteiger partial charge is 0.507 e. The lowest BCUT2D eigenvalue weighted by atomic mass is 10.1. The third-order valence-corrected chi connectivity index (χ3v) is 2.22. The Kier molecular flexibility index (Phi) is 4.20. The fourth-order valence-corrected chi connectivity index (χ4v) is 1.45. The molecule has 3 nitrogen and oxygen atoms in total. The number of rotatable bonds is 4. The summed E-state index contributed by atoms with van der Waals surface area (Å²) >= 11 is 0. The molecule has 0 aliphatic carbocycles. The van der Waals surface area contributed by atoms with Crippen LogP contribution in [0.15, 0.2) is 12.1 Å². The number of hydrogen-bond donors (Lipinski definition) is 3. The lowest BCUT2D eigenvalue weighted by Gasteiger charge is -2.17. The maximum absolute atomic E-state index is 13.4. The van der Waals surface area contributed by atoms with Crippen molar-refractivity contribution >= 4 is 0 Å². The van der Waals surface area contributed by atoms with Gasteiger partial charge in [0.05, 0.1) is 6.10 Å². The van der Waals surface area contributed by atoms with E-state index in [0.29, 0.717) is 0 Å². The lowest BCUT2D eigenvalue weighted by Crippen LogP contribution is -2.27. The minimum atomic E-state index is -0.818. The molecule has 2 unspecified atom stereocenters. The van der Waals surface area contributed by atoms with Gasteiger partial charge < -0.3 is 15.5 Å². The van der Waals surface area contributed by atoms with Crippen LogP contribution in [0.1, 0.15) is 25.5 Å². The number of aliphatic hydroxyl groups excluding tert-OH is 1. The minimum absolute atomic E-state index is 0.00190. The van der Waals surface area contributed by atoms with Crippen LogP contribution in [0.4, 0.5) is 8.78 Å². The molecule has 0 saturated carbocycles. The van der Waals surface area contributed by atoms with E-state index in [1.807, 2.05) is 0 Å². The predicted molar refractivity (Wildman–Crippen MR) is 56.1 cm³/mol. The molecule has 0 saturated heterocycles. The van der Waals surface area contributed by atoms with Crippen LogP contribution in [0.5, 0.6) is 5.75 Å². The van der Waals surface area contributed by atoms with Gasteiger partial charge in [-0.05, 0) is 13.8 Å². The van der Waals surface area contributed by atoms with Crippen LogP contribution < -0.4 is 5.32 Å². The summed E-state index contributed by atoms with van der Waals surface area (Å²) in [7, 11) is 0. The van der Waals surface area contributed by atoms with Gasteiger partial charge in [-0.15, -0.1) is 0 Å². The number of nitrogens with one attached hydrogen (secondary N) is 1. The standard InChI is InChI=1S/C11H15F2NO2/c1-6(15)5-14-7(2)11-9(13)3-8(12)4-10(11)16/h3-4,6-7,14-16H,5H2,1-2H3. The van der Waals surface area contributed by atoms with Gasteiger partial charge in [0.15, 0.2) is 0 Å². The number of aromatic hydroxyl groups is 1. The SMILES string of the molecule is CC(O)CNC(C)c1c(O)cc(F)cc1F. The molecule has 0 aromatic heterocycles. The first-order chi connectivity index (χ1) is 7.41. The molecule has 0 radical (unpaired) electrons. The predicted octanol–water partition coefficient (Wildman–Crippen LogP) is 1.70. The van der Waals surface area contributed by atoms with Crippen molar-refractivity contribution in [3.05, 3.63) is 29.3 Å². The molecule has 90 valence electrons. The first-order valence-corrected chi connectivity index (χ1v) is 5.01. The van der Waals surface area contributed by atoms with Crippen LogP contribution >= 0.6 is 0 Å². The van der Waals surface area contributed by atoms with Gasteiger partial charge in [0.1, 0.15) is 17.4 Å². The van der Waals surface area contributed by atoms with Crippen molar-refractivity contribution in [2.75, 3.05) is 6.54 Å². The third-order valence-electron chi connectivity index (χ3n) is 2.22. The molecule has 5 heteroatoms. The molecule has 0 bridgehead atoms. The third kappa shape index (κ3) is 3.15. The Morgan fingerprint density at radius 1 is 1.31 bits per heavy atom. The summed E-state index contributed by atoms with van der Waals surface area (Å²) < 4.78 is 26.1. The van der Waals surface area contributed by atoms with Crippen molar-refractivity contribution in [3.8, 4) is 5.75 Å². The molecule has 0 fully saturated rings. The highest BCUT2D eigenvalue weighted by Crippen LogP contribution is 2.27. The molecule has 0 heterocycles. The van der Waals surface area contributed by atoms with Crippen LogP contribution in [0.25, 0.3) is 0 Å². The van der Waals surface area contributed by atoms with Crippen molar-refractivity contribution in [2.45, 2.75) is 26.0 Å². The number of halogens is 2. The van der Waals surface area contributed by atoms with Gasteiger partial charge in [0, 0.05) is 30.3 Å². The van der Waals surface area contributed by atoms with E-state index in [9.17, 15) is 13.9 Å². The summed E-state index contributed by atoms with van der Waals surface area (Å²) in [5, 5.41) is 21.3. The zero-order valence-electron chi connectivity index (χ0n) is 9.17. The second-order valence-electron chi connectivity index (χ2n) is 3.80. The van der Waals surface area contributed by atoms with Crippen LogP contribution in [0.3, 0.4) is 0 Å². The monoisotopic (exact) mass is 231 g/mol. The smallest absolute Gasteiger partial charge is 0.134 e. The van der Waals surface area contributed by atoms with E-state index in [4.69, 9.17) is 5.11 Å². The highest BCUT2D eigenvalue weighted by Gasteiger charge is 2.17. The molecular weight excluding hydrogens is 216 g/mol. The molecule has 0 spiro atoms. The van der Waals surface area contributed by atoms with Crippen LogP contribution in [0.2, 0.25) is 0 Å². The van der Waals surface area contributed by atoms with Gasteiger partial charge in [-0.25, -0.2) is 8.78 Å². The Morgan fingerprint density at radius 2 is 1.94 bits per heavy atom. The molecular formula is C11H15F2NO2. The molecule has 0 amide bonds. The van der Waals surface area contributed by atoms with Crippen molar-refractivity contribution in [1.29, 1.82) is 0 Å². The van der Waals surface area contributed by atoms with E-state index in [2.05, 4.69) is 5.32 Å². The van der Waals surface area contributed by atoms with E-state index >= 15 is 0 Å². The number of aliphatic hydroxyl groups is 1. The van der Waals surface area contributed by atoms with Crippen LogP contribution in [-0.2, 0) is 0 Å². The highest BCUT2D eigenvalue weighted by molar-refractivity contribution is 5.36. The Bertz CT molecular complexity index is 346. The van der Waals surface area contributed by atoms with Crippen molar-refractivity contribution in [1.82, 2.24) is 5.32 Å². The average molecular weight is 231 g/mol. The maximum atomic E-state index is 13.4. The summed E-state index contributed by atoms with van der Waals surface area (Å²) in [4.78, 5) is 0. The molecule has 1 aromatic rings. The topological polar surface area (TPSA) is 52.5 Å². The first-order valence-electron chi connectivity index (χ1n) is 5.01. The molecule has 1 rings (SSSR count). The fourth-order valence-electron chi connectivity index (χ4n) is 1.45. The number of benzene rings is 1. The summed E-state index contributed by atoms with van der Waals surface area (Å²) in [6.45, 7) is 3.47. The Labute approximate surface area is 92.7 Å². The Balaban J connectivity index is 2.86. The second-order valence-corrected chi connectivity index (χ2v) is 3.80. The molecule has 16 heavy (non-hydrogen) atoms. The van der Waals surface area contributed by atoms with Crippen molar-refractivity contribution in [2.24, 2.45) is 0 Å². The molecule has 0 aliphatic rings. The van der Waals surface area contributed by atoms with Gasteiger partial charge in [-0.3, -0.25) is 0 Å². The zero-order chi connectivity index (χ0) is 12.3. The van der Waals surface area contributed by atoms with Crippen molar-refractivity contribution in [3.63, 3.8) is 0 Å². The van der Waals surface area contributed by atoms with Crippen molar-refractivity contribution < 1.29 is 19.0 Å². The van der Waals surface area contributed by atoms with E-state index < -0.39 is 29.5 Å². The fraction of sp³-hybridized carbons (Fsp3) is 0.455. The van der Waals surface area contributed by atoms with E-state index in [1.54, 1.807) is 13.8 Å². The van der Waals surface area contributed by atoms with Crippen LogP contribution in [0, 0.1) is 11.6 Å². The van der Waals surface area contributed by atoms with Gasteiger partial charge >= 0.3 is 0 Å². The second kappa shape index (κ2) is 5.23. The summed E-state index contributed by atoms with van der Waals surface area (Å²) in [6, 6.07) is 1.07. The normalized spacial score (nSPS) is 14.8. The molecule has 2 atom stereocenters. The van der Waals surface area contributed by atoms with Gasteiger partial charge in [-0.1, -0.05) is 0 Å². The van der Waals surface area contributed by atoms with E-state index in [-0.39, 0.29) is 12.1 Å². The summed E-state index contributed by atoms with van der Waals surface area (Å²) in [6.07, 6.45) is -0.576. The quantitative estimate of drug-likeness (QED) is 0.739. The maximum Gasteiger partial charge on any atom is 0.134 e. The molecule has 0 aliphatic heterocycles. The average Bonchev–Trinajstić information content (AvgIpc) is 2.12. The Morgan fingerprint density at radius 3 is 2.44 bits per heavy atom. The van der Waals surface area contributed by atoms with Gasteiger partial charge in [-0.2, -0.15) is 0 Å². The lowest BCUT2D eigenvalue weighted by molar-refractivity contribution is 0.186. The molecule has 3 N–H and O–H groups in total. The van der Waals surface area contributed by atoms with Crippen LogP contribution in [-0.4, -0.2) is 22.9 Å². The van der Waals surface area contributed by atoms with Gasteiger partial charge in [0.2, 0.25) is 0 Å². The number of hydrogen-bond acceptors (Lipinski definition) is 3. The highest BCUT2D eigenvalue weighted by atomic mass is 19.1. The van der Waals surface area contributed by atoms with E-state index in [0.717, 1.165) is 12.1 Å². The molecule has 1 aromatic carbocycles. The minimum Gasteiger partial charge on any atom is -0.507 e. The zero-order valence-corrected chi connectivity index (χ0v) is 9.17. The number of phenolic OH excluding ortho intramolecular Hbond substituents is 1. The first kappa shape index (κ1) is 12.9. The van der Waals surface area contributed by atoms with Gasteiger partial charge in [0.25, 0.3) is 0 Å². The van der Waals surface area contributed by atoms with E-state index in [1.165, 1.54) is 0 Å². The summed E-state index contributed by atoms with van der Waals surface area (Å²) in [5.41, 5.74) is 0.00190. The number of phenols is 1.